The van der Waals surface area contributed by atoms with Crippen LogP contribution in [0.3, 0.4) is 0 Å². The van der Waals surface area contributed by atoms with Crippen LogP contribution in [0.2, 0.25) is 0 Å². The van der Waals surface area contributed by atoms with Crippen molar-refractivity contribution in [2.75, 3.05) is 11.1 Å². The van der Waals surface area contributed by atoms with Gasteiger partial charge in [-0.1, -0.05) is 6.08 Å². The van der Waals surface area contributed by atoms with Gasteiger partial charge < -0.3 is 11.1 Å². The standard InChI is InChI=1S/C11H14N4/c1-3-4-8(2)15-11-10(13)5-9(6-12)7-14-11/h3,5,7-8H,1,4,13H2,2H3,(H,14,15). The number of nitriles is 1. The Kier molecular flexibility index (Phi) is 3.69. The Morgan fingerprint density at radius 3 is 3.07 bits per heavy atom. The summed E-state index contributed by atoms with van der Waals surface area (Å²) in [4.78, 5) is 4.08. The highest BCUT2D eigenvalue weighted by molar-refractivity contribution is 5.63. The second-order valence-corrected chi connectivity index (χ2v) is 3.34. The first-order valence-corrected chi connectivity index (χ1v) is 4.70. The normalized spacial score (nSPS) is 11.5. The van der Waals surface area contributed by atoms with Crippen LogP contribution >= 0.6 is 0 Å². The van der Waals surface area contributed by atoms with E-state index in [0.717, 1.165) is 6.42 Å². The molecule has 4 heteroatoms. The Morgan fingerprint density at radius 1 is 1.80 bits per heavy atom. The largest absolute Gasteiger partial charge is 0.396 e. The molecule has 0 amide bonds. The molecule has 0 aliphatic carbocycles. The number of nitrogens with zero attached hydrogens (tertiary/aromatic N) is 2. The van der Waals surface area contributed by atoms with Gasteiger partial charge in [0.15, 0.2) is 0 Å². The minimum absolute atomic E-state index is 0.227. The van der Waals surface area contributed by atoms with Gasteiger partial charge in [0.25, 0.3) is 0 Å². The third-order valence-corrected chi connectivity index (χ3v) is 1.95. The van der Waals surface area contributed by atoms with E-state index in [1.807, 2.05) is 19.1 Å². The summed E-state index contributed by atoms with van der Waals surface area (Å²) in [7, 11) is 0. The molecule has 1 aromatic rings. The number of hydrogen-bond donors (Lipinski definition) is 2. The van der Waals surface area contributed by atoms with E-state index in [1.165, 1.54) is 6.20 Å². The average Bonchev–Trinajstić information content (AvgIpc) is 2.21. The molecule has 1 aromatic heterocycles. The summed E-state index contributed by atoms with van der Waals surface area (Å²) >= 11 is 0. The van der Waals surface area contributed by atoms with Gasteiger partial charge in [-0.05, 0) is 19.4 Å². The number of anilines is 2. The van der Waals surface area contributed by atoms with E-state index in [-0.39, 0.29) is 6.04 Å². The van der Waals surface area contributed by atoms with Crippen molar-refractivity contribution in [1.82, 2.24) is 4.98 Å². The maximum Gasteiger partial charge on any atom is 0.149 e. The number of aromatic nitrogens is 1. The molecule has 0 aliphatic heterocycles. The van der Waals surface area contributed by atoms with Crippen LogP contribution in [0.15, 0.2) is 24.9 Å². The van der Waals surface area contributed by atoms with Gasteiger partial charge in [-0.2, -0.15) is 5.26 Å². The monoisotopic (exact) mass is 202 g/mol. The number of hydrogen-bond acceptors (Lipinski definition) is 4. The van der Waals surface area contributed by atoms with Crippen LogP contribution in [-0.4, -0.2) is 11.0 Å². The predicted molar refractivity (Wildman–Crippen MR) is 61.3 cm³/mol. The van der Waals surface area contributed by atoms with E-state index in [2.05, 4.69) is 16.9 Å². The second kappa shape index (κ2) is 5.01. The van der Waals surface area contributed by atoms with Crippen molar-refractivity contribution in [3.05, 3.63) is 30.5 Å². The van der Waals surface area contributed by atoms with Gasteiger partial charge in [-0.25, -0.2) is 4.98 Å². The van der Waals surface area contributed by atoms with Crippen molar-refractivity contribution in [3.8, 4) is 6.07 Å². The zero-order chi connectivity index (χ0) is 11.3. The van der Waals surface area contributed by atoms with Crippen LogP contribution in [-0.2, 0) is 0 Å². The summed E-state index contributed by atoms with van der Waals surface area (Å²) in [5, 5.41) is 11.8. The van der Waals surface area contributed by atoms with Crippen molar-refractivity contribution in [1.29, 1.82) is 5.26 Å². The molecule has 0 bridgehead atoms. The van der Waals surface area contributed by atoms with E-state index in [4.69, 9.17) is 11.0 Å². The van der Waals surface area contributed by atoms with Gasteiger partial charge in [-0.15, -0.1) is 6.58 Å². The second-order valence-electron chi connectivity index (χ2n) is 3.34. The van der Waals surface area contributed by atoms with Crippen molar-refractivity contribution < 1.29 is 0 Å². The highest BCUT2D eigenvalue weighted by atomic mass is 15.0. The Labute approximate surface area is 89.4 Å². The smallest absolute Gasteiger partial charge is 0.149 e. The highest BCUT2D eigenvalue weighted by Crippen LogP contribution is 2.17. The summed E-state index contributed by atoms with van der Waals surface area (Å²) in [5.74, 6) is 0.614. The van der Waals surface area contributed by atoms with Crippen LogP contribution in [0.25, 0.3) is 0 Å². The minimum Gasteiger partial charge on any atom is -0.396 e. The van der Waals surface area contributed by atoms with Crippen LogP contribution in [0.4, 0.5) is 11.5 Å². The first kappa shape index (κ1) is 11.1. The van der Waals surface area contributed by atoms with Gasteiger partial charge in [-0.3, -0.25) is 0 Å². The number of nitrogens with two attached hydrogens (primary N) is 1. The molecule has 1 unspecified atom stereocenters. The Balaban J connectivity index is 2.79. The molecule has 0 fully saturated rings. The fourth-order valence-corrected chi connectivity index (χ4v) is 1.21. The molecule has 1 atom stereocenters. The summed E-state index contributed by atoms with van der Waals surface area (Å²) in [6, 6.07) is 3.82. The molecule has 3 N–H and O–H groups in total. The maximum absolute atomic E-state index is 8.64. The summed E-state index contributed by atoms with van der Waals surface area (Å²) in [5.41, 5.74) is 6.70. The Bertz CT molecular complexity index is 392. The fraction of sp³-hybridized carbons (Fsp3) is 0.273. The third-order valence-electron chi connectivity index (χ3n) is 1.95. The SMILES string of the molecule is C=CCC(C)Nc1ncc(C#N)cc1N. The van der Waals surface area contributed by atoms with Gasteiger partial charge in [0.05, 0.1) is 11.3 Å². The molecular weight excluding hydrogens is 188 g/mol. The van der Waals surface area contributed by atoms with E-state index in [1.54, 1.807) is 6.07 Å². The first-order chi connectivity index (χ1) is 7.17. The average molecular weight is 202 g/mol. The lowest BCUT2D eigenvalue weighted by Crippen LogP contribution is -2.16. The lowest BCUT2D eigenvalue weighted by molar-refractivity contribution is 0.808. The number of rotatable bonds is 4. The van der Waals surface area contributed by atoms with Crippen molar-refractivity contribution in [3.63, 3.8) is 0 Å². The summed E-state index contributed by atoms with van der Waals surface area (Å²) < 4.78 is 0. The van der Waals surface area contributed by atoms with Crippen molar-refractivity contribution in [2.24, 2.45) is 0 Å². The molecule has 0 saturated carbocycles. The van der Waals surface area contributed by atoms with Crippen LogP contribution in [0, 0.1) is 11.3 Å². The zero-order valence-electron chi connectivity index (χ0n) is 8.70. The summed E-state index contributed by atoms with van der Waals surface area (Å²) in [6.07, 6.45) is 4.16. The third kappa shape index (κ3) is 2.99. The lowest BCUT2D eigenvalue weighted by atomic mass is 10.2. The molecule has 0 aromatic carbocycles. The van der Waals surface area contributed by atoms with Gasteiger partial charge in [0, 0.05) is 12.2 Å². The van der Waals surface area contributed by atoms with Crippen molar-refractivity contribution >= 4 is 11.5 Å². The Morgan fingerprint density at radius 2 is 2.53 bits per heavy atom. The molecule has 1 rings (SSSR count). The van der Waals surface area contributed by atoms with Gasteiger partial charge >= 0.3 is 0 Å². The van der Waals surface area contributed by atoms with Crippen LogP contribution in [0.5, 0.6) is 0 Å². The molecule has 4 nitrogen and oxygen atoms in total. The molecule has 0 saturated heterocycles. The fourth-order valence-electron chi connectivity index (χ4n) is 1.21. The predicted octanol–water partition coefficient (Wildman–Crippen LogP) is 1.91. The van der Waals surface area contributed by atoms with E-state index >= 15 is 0 Å². The van der Waals surface area contributed by atoms with Crippen LogP contribution < -0.4 is 11.1 Å². The van der Waals surface area contributed by atoms with Gasteiger partial charge in [0.1, 0.15) is 11.9 Å². The van der Waals surface area contributed by atoms with E-state index in [0.29, 0.717) is 17.1 Å². The van der Waals surface area contributed by atoms with Crippen molar-refractivity contribution in [2.45, 2.75) is 19.4 Å². The Hall–Kier alpha value is -2.02. The molecule has 15 heavy (non-hydrogen) atoms. The maximum atomic E-state index is 8.64. The zero-order valence-corrected chi connectivity index (χ0v) is 8.70. The number of nitrogen functional groups attached to an aromatic ring is 1. The number of pyridine rings is 1. The van der Waals surface area contributed by atoms with Crippen LogP contribution in [0.1, 0.15) is 18.9 Å². The molecule has 0 radical (unpaired) electrons. The quantitative estimate of drug-likeness (QED) is 0.731. The highest BCUT2D eigenvalue weighted by Gasteiger charge is 2.05. The summed E-state index contributed by atoms with van der Waals surface area (Å²) in [6.45, 7) is 5.67. The first-order valence-electron chi connectivity index (χ1n) is 4.70. The number of nitrogens with one attached hydrogen (secondary N) is 1. The molecular formula is C11H14N4. The molecule has 0 aliphatic rings. The molecule has 78 valence electrons. The topological polar surface area (TPSA) is 74.7 Å². The lowest BCUT2D eigenvalue weighted by Gasteiger charge is -2.13. The minimum atomic E-state index is 0.227. The molecule has 1 heterocycles. The van der Waals surface area contributed by atoms with E-state index < -0.39 is 0 Å². The molecule has 0 spiro atoms. The van der Waals surface area contributed by atoms with Gasteiger partial charge in [0.2, 0.25) is 0 Å². The van der Waals surface area contributed by atoms with E-state index in [9.17, 15) is 0 Å².